The summed E-state index contributed by atoms with van der Waals surface area (Å²) in [4.78, 5) is 23.4. The van der Waals surface area contributed by atoms with Gasteiger partial charge in [-0.25, -0.2) is 4.98 Å². The summed E-state index contributed by atoms with van der Waals surface area (Å²) in [6.45, 7) is 5.35. The first kappa shape index (κ1) is 19.4. The van der Waals surface area contributed by atoms with Crippen LogP contribution in [0.15, 0.2) is 48.0 Å². The molecule has 1 fully saturated rings. The summed E-state index contributed by atoms with van der Waals surface area (Å²) in [5.74, 6) is 2.03. The van der Waals surface area contributed by atoms with Crippen LogP contribution in [0.4, 0.5) is 23.5 Å². The van der Waals surface area contributed by atoms with Crippen LogP contribution in [0.1, 0.15) is 11.1 Å². The predicted octanol–water partition coefficient (Wildman–Crippen LogP) is 3.20. The summed E-state index contributed by atoms with van der Waals surface area (Å²) in [6, 6.07) is 14.8. The minimum Gasteiger partial charge on any atom is -0.338 e. The van der Waals surface area contributed by atoms with Crippen molar-refractivity contribution >= 4 is 45.1 Å². The molecule has 162 valence electrons. The second kappa shape index (κ2) is 8.33. The number of nitrogens with one attached hydrogen (secondary N) is 2. The zero-order valence-corrected chi connectivity index (χ0v) is 18.5. The van der Waals surface area contributed by atoms with E-state index in [0.717, 1.165) is 73.5 Å². The van der Waals surface area contributed by atoms with Gasteiger partial charge < -0.3 is 20.4 Å². The Bertz CT molecular complexity index is 1250. The third kappa shape index (κ3) is 3.85. The molecule has 8 nitrogen and oxygen atoms in total. The average Bonchev–Trinajstić information content (AvgIpc) is 3.32. The lowest BCUT2D eigenvalue weighted by atomic mass is 10.0. The van der Waals surface area contributed by atoms with Gasteiger partial charge in [-0.1, -0.05) is 24.3 Å². The standard InChI is InChI=1S/C23H24N8S/c1-2-4-17-14-31(10-7-16(17)3-1)23-28-21(27-22(29-23)30-11-8-24-9-12-30)26-18-5-6-19-20(13-18)32-15-25-19/h1-6,13,15,24H,7-12,14H2,(H,26,27,28,29). The SMILES string of the molecule is c1ccc2c(c1)CCN(c1nc(Nc3ccc4ncsc4c3)nc(N3CCNCC3)n1)C2. The summed E-state index contributed by atoms with van der Waals surface area (Å²) in [5.41, 5.74) is 6.58. The van der Waals surface area contributed by atoms with Crippen LogP contribution < -0.4 is 20.4 Å². The molecule has 0 bridgehead atoms. The van der Waals surface area contributed by atoms with Gasteiger partial charge in [-0.3, -0.25) is 0 Å². The number of aromatic nitrogens is 4. The highest BCUT2D eigenvalue weighted by atomic mass is 32.1. The highest BCUT2D eigenvalue weighted by Gasteiger charge is 2.22. The second-order valence-corrected chi connectivity index (χ2v) is 8.98. The van der Waals surface area contributed by atoms with Crippen LogP contribution in [-0.2, 0) is 13.0 Å². The van der Waals surface area contributed by atoms with Gasteiger partial charge in [-0.05, 0) is 35.7 Å². The molecule has 2 aromatic heterocycles. The van der Waals surface area contributed by atoms with Crippen LogP contribution >= 0.6 is 11.3 Å². The van der Waals surface area contributed by atoms with Crippen LogP contribution in [-0.4, -0.2) is 52.7 Å². The second-order valence-electron chi connectivity index (χ2n) is 8.10. The molecule has 2 aliphatic rings. The van der Waals surface area contributed by atoms with Gasteiger partial charge in [0.25, 0.3) is 0 Å². The van der Waals surface area contributed by atoms with Crippen LogP contribution in [0.25, 0.3) is 10.2 Å². The lowest BCUT2D eigenvalue weighted by molar-refractivity contribution is 0.578. The summed E-state index contributed by atoms with van der Waals surface area (Å²) in [6.07, 6.45) is 0.996. The van der Waals surface area contributed by atoms with Gasteiger partial charge in [-0.2, -0.15) is 15.0 Å². The molecule has 2 aliphatic heterocycles. The topological polar surface area (TPSA) is 82.1 Å². The molecule has 0 amide bonds. The van der Waals surface area contributed by atoms with E-state index in [2.05, 4.69) is 55.7 Å². The Morgan fingerprint density at radius 1 is 0.875 bits per heavy atom. The minimum atomic E-state index is 0.575. The van der Waals surface area contributed by atoms with Gasteiger partial charge in [0.2, 0.25) is 17.8 Å². The summed E-state index contributed by atoms with van der Waals surface area (Å²) in [7, 11) is 0. The molecule has 0 saturated carbocycles. The first-order valence-electron chi connectivity index (χ1n) is 11.0. The van der Waals surface area contributed by atoms with Crippen molar-refractivity contribution in [3.63, 3.8) is 0 Å². The normalized spacial score (nSPS) is 16.2. The Kier molecular flexibility index (Phi) is 5.05. The van der Waals surface area contributed by atoms with Crippen molar-refractivity contribution in [1.29, 1.82) is 0 Å². The molecule has 0 aliphatic carbocycles. The van der Waals surface area contributed by atoms with Gasteiger partial charge in [-0.15, -0.1) is 11.3 Å². The van der Waals surface area contributed by atoms with E-state index in [0.29, 0.717) is 5.95 Å². The van der Waals surface area contributed by atoms with Crippen molar-refractivity contribution in [1.82, 2.24) is 25.3 Å². The fourth-order valence-electron chi connectivity index (χ4n) is 4.29. The maximum absolute atomic E-state index is 4.89. The lowest BCUT2D eigenvalue weighted by Crippen LogP contribution is -2.44. The number of nitrogens with zero attached hydrogens (tertiary/aromatic N) is 6. The monoisotopic (exact) mass is 444 g/mol. The summed E-state index contributed by atoms with van der Waals surface area (Å²) in [5, 5.41) is 6.81. The van der Waals surface area contributed by atoms with E-state index in [1.165, 1.54) is 11.1 Å². The summed E-state index contributed by atoms with van der Waals surface area (Å²) >= 11 is 1.63. The van der Waals surface area contributed by atoms with Gasteiger partial charge >= 0.3 is 0 Å². The van der Waals surface area contributed by atoms with Crippen molar-refractivity contribution in [3.05, 3.63) is 59.1 Å². The Balaban J connectivity index is 1.34. The first-order valence-corrected chi connectivity index (χ1v) is 11.8. The highest BCUT2D eigenvalue weighted by Crippen LogP contribution is 2.27. The molecule has 32 heavy (non-hydrogen) atoms. The average molecular weight is 445 g/mol. The fraction of sp³-hybridized carbons (Fsp3) is 0.304. The largest absolute Gasteiger partial charge is 0.338 e. The molecule has 0 radical (unpaired) electrons. The molecule has 2 N–H and O–H groups in total. The van der Waals surface area contributed by atoms with Crippen molar-refractivity contribution < 1.29 is 0 Å². The number of fused-ring (bicyclic) bond motifs is 2. The third-order valence-corrected chi connectivity index (χ3v) is 6.80. The zero-order chi connectivity index (χ0) is 21.3. The number of hydrogen-bond acceptors (Lipinski definition) is 9. The van der Waals surface area contributed by atoms with Crippen molar-refractivity contribution in [2.75, 3.05) is 47.8 Å². The molecule has 1 saturated heterocycles. The molecule has 0 atom stereocenters. The predicted molar refractivity (Wildman–Crippen MR) is 129 cm³/mol. The Morgan fingerprint density at radius 2 is 1.69 bits per heavy atom. The molecule has 9 heteroatoms. The minimum absolute atomic E-state index is 0.575. The van der Waals surface area contributed by atoms with Gasteiger partial charge in [0.15, 0.2) is 0 Å². The maximum atomic E-state index is 4.89. The molecule has 0 spiro atoms. The van der Waals surface area contributed by atoms with Crippen molar-refractivity contribution in [2.45, 2.75) is 13.0 Å². The van der Waals surface area contributed by atoms with Gasteiger partial charge in [0.1, 0.15) is 0 Å². The van der Waals surface area contributed by atoms with E-state index in [9.17, 15) is 0 Å². The quantitative estimate of drug-likeness (QED) is 0.497. The molecular formula is C23H24N8S. The molecule has 4 aromatic rings. The van der Waals surface area contributed by atoms with E-state index < -0.39 is 0 Å². The molecular weight excluding hydrogens is 420 g/mol. The summed E-state index contributed by atoms with van der Waals surface area (Å²) < 4.78 is 1.14. The first-order chi connectivity index (χ1) is 15.8. The maximum Gasteiger partial charge on any atom is 0.233 e. The van der Waals surface area contributed by atoms with Gasteiger partial charge in [0.05, 0.1) is 15.7 Å². The van der Waals surface area contributed by atoms with E-state index in [4.69, 9.17) is 15.0 Å². The Morgan fingerprint density at radius 3 is 2.56 bits per heavy atom. The van der Waals surface area contributed by atoms with Crippen LogP contribution in [0.5, 0.6) is 0 Å². The van der Waals surface area contributed by atoms with E-state index in [-0.39, 0.29) is 0 Å². The van der Waals surface area contributed by atoms with Crippen LogP contribution in [0.2, 0.25) is 0 Å². The van der Waals surface area contributed by atoms with Gasteiger partial charge in [0, 0.05) is 45.0 Å². The van der Waals surface area contributed by atoms with Crippen molar-refractivity contribution in [2.24, 2.45) is 0 Å². The number of hydrogen-bond donors (Lipinski definition) is 2. The van der Waals surface area contributed by atoms with E-state index >= 15 is 0 Å². The Hall–Kier alpha value is -3.30. The van der Waals surface area contributed by atoms with E-state index in [1.54, 1.807) is 11.3 Å². The van der Waals surface area contributed by atoms with E-state index in [1.807, 2.05) is 17.6 Å². The smallest absolute Gasteiger partial charge is 0.233 e. The molecule has 6 rings (SSSR count). The number of rotatable bonds is 4. The van der Waals surface area contributed by atoms with Crippen molar-refractivity contribution in [3.8, 4) is 0 Å². The molecule has 2 aromatic carbocycles. The lowest BCUT2D eigenvalue weighted by Gasteiger charge is -2.31. The third-order valence-electron chi connectivity index (χ3n) is 6.01. The number of benzene rings is 2. The fourth-order valence-corrected chi connectivity index (χ4v) is 5.00. The number of piperazine rings is 1. The number of anilines is 4. The van der Waals surface area contributed by atoms with Crippen LogP contribution in [0, 0.1) is 0 Å². The number of thiazole rings is 1. The Labute approximate surface area is 190 Å². The zero-order valence-electron chi connectivity index (χ0n) is 17.7. The van der Waals surface area contributed by atoms with Crippen LogP contribution in [0.3, 0.4) is 0 Å². The molecule has 4 heterocycles. The molecule has 0 unspecified atom stereocenters. The highest BCUT2D eigenvalue weighted by molar-refractivity contribution is 7.16.